The third-order valence-electron chi connectivity index (χ3n) is 3.78. The molecule has 0 bridgehead atoms. The van der Waals surface area contributed by atoms with Crippen LogP contribution in [-0.4, -0.2) is 19.9 Å². The Morgan fingerprint density at radius 3 is 2.08 bits per heavy atom. The zero-order valence-electron chi connectivity index (χ0n) is 14.0. The van der Waals surface area contributed by atoms with Crippen molar-refractivity contribution >= 4 is 34.3 Å². The SMILES string of the molecule is Cc1cc(C)nc(Nc2ccc(Nc3nc4ccccc4[nH]3)cc2)n1. The molecule has 0 saturated heterocycles. The Labute approximate surface area is 145 Å². The largest absolute Gasteiger partial charge is 0.326 e. The molecular weight excluding hydrogens is 312 g/mol. The predicted octanol–water partition coefficient (Wildman–Crippen LogP) is 4.46. The van der Waals surface area contributed by atoms with Crippen LogP contribution in [0, 0.1) is 13.8 Å². The number of para-hydroxylation sites is 2. The summed E-state index contributed by atoms with van der Waals surface area (Å²) < 4.78 is 0. The number of aryl methyl sites for hydroxylation is 2. The molecule has 4 rings (SSSR count). The van der Waals surface area contributed by atoms with Crippen LogP contribution < -0.4 is 10.6 Å². The monoisotopic (exact) mass is 330 g/mol. The van der Waals surface area contributed by atoms with Gasteiger partial charge in [-0.3, -0.25) is 0 Å². The van der Waals surface area contributed by atoms with E-state index in [2.05, 4.69) is 30.6 Å². The van der Waals surface area contributed by atoms with Crippen molar-refractivity contribution in [3.8, 4) is 0 Å². The third kappa shape index (κ3) is 3.42. The van der Waals surface area contributed by atoms with Crippen LogP contribution >= 0.6 is 0 Å². The molecule has 25 heavy (non-hydrogen) atoms. The molecule has 2 heterocycles. The number of imidazole rings is 1. The van der Waals surface area contributed by atoms with Crippen molar-refractivity contribution in [2.45, 2.75) is 13.8 Å². The van der Waals surface area contributed by atoms with E-state index in [1.54, 1.807) is 0 Å². The van der Waals surface area contributed by atoms with Gasteiger partial charge in [-0.15, -0.1) is 0 Å². The Morgan fingerprint density at radius 2 is 1.40 bits per heavy atom. The predicted molar refractivity (Wildman–Crippen MR) is 101 cm³/mol. The molecule has 0 radical (unpaired) electrons. The van der Waals surface area contributed by atoms with E-state index in [0.29, 0.717) is 5.95 Å². The number of aromatic nitrogens is 4. The van der Waals surface area contributed by atoms with Gasteiger partial charge in [-0.1, -0.05) is 12.1 Å². The van der Waals surface area contributed by atoms with E-state index in [-0.39, 0.29) is 0 Å². The first-order valence-corrected chi connectivity index (χ1v) is 8.07. The van der Waals surface area contributed by atoms with Gasteiger partial charge < -0.3 is 15.6 Å². The number of nitrogens with one attached hydrogen (secondary N) is 3. The quantitative estimate of drug-likeness (QED) is 0.515. The smallest absolute Gasteiger partial charge is 0.227 e. The van der Waals surface area contributed by atoms with Crippen LogP contribution in [0.2, 0.25) is 0 Å². The summed E-state index contributed by atoms with van der Waals surface area (Å²) in [5, 5.41) is 6.50. The zero-order valence-corrected chi connectivity index (χ0v) is 14.0. The van der Waals surface area contributed by atoms with Crippen LogP contribution in [0.4, 0.5) is 23.3 Å². The Bertz CT molecular complexity index is 966. The second-order valence-corrected chi connectivity index (χ2v) is 5.90. The number of aromatic amines is 1. The van der Waals surface area contributed by atoms with Crippen molar-refractivity contribution in [2.75, 3.05) is 10.6 Å². The van der Waals surface area contributed by atoms with Crippen LogP contribution in [-0.2, 0) is 0 Å². The number of hydrogen-bond acceptors (Lipinski definition) is 5. The molecule has 0 fully saturated rings. The van der Waals surface area contributed by atoms with Crippen LogP contribution in [0.15, 0.2) is 54.6 Å². The van der Waals surface area contributed by atoms with Gasteiger partial charge in [-0.2, -0.15) is 0 Å². The van der Waals surface area contributed by atoms with Gasteiger partial charge in [0.25, 0.3) is 0 Å². The zero-order chi connectivity index (χ0) is 17.2. The van der Waals surface area contributed by atoms with Crippen LogP contribution in [0.5, 0.6) is 0 Å². The van der Waals surface area contributed by atoms with Crippen molar-refractivity contribution in [1.82, 2.24) is 19.9 Å². The molecule has 0 unspecified atom stereocenters. The van der Waals surface area contributed by atoms with Crippen LogP contribution in [0.1, 0.15) is 11.4 Å². The van der Waals surface area contributed by atoms with Gasteiger partial charge in [0.15, 0.2) is 0 Å². The standard InChI is InChI=1S/C19H18N6/c1-12-11-13(2)21-18(20-12)22-14-7-9-15(10-8-14)23-19-24-16-5-3-4-6-17(16)25-19/h3-11H,1-2H3,(H,20,21,22)(H2,23,24,25). The van der Waals surface area contributed by atoms with Gasteiger partial charge in [0.1, 0.15) is 0 Å². The maximum atomic E-state index is 4.52. The summed E-state index contributed by atoms with van der Waals surface area (Å²) in [5.41, 5.74) is 5.72. The van der Waals surface area contributed by atoms with E-state index in [1.807, 2.05) is 68.4 Å². The maximum absolute atomic E-state index is 4.52. The fraction of sp³-hybridized carbons (Fsp3) is 0.105. The van der Waals surface area contributed by atoms with E-state index in [0.717, 1.165) is 39.7 Å². The molecule has 0 aliphatic heterocycles. The molecule has 2 aromatic heterocycles. The Balaban J connectivity index is 1.49. The Morgan fingerprint density at radius 1 is 0.760 bits per heavy atom. The summed E-state index contributed by atoms with van der Waals surface area (Å²) in [4.78, 5) is 16.6. The van der Waals surface area contributed by atoms with E-state index in [1.165, 1.54) is 0 Å². The molecule has 0 atom stereocenters. The van der Waals surface area contributed by atoms with Gasteiger partial charge in [-0.25, -0.2) is 15.0 Å². The second kappa shape index (κ2) is 6.24. The van der Waals surface area contributed by atoms with Crippen molar-refractivity contribution in [3.05, 3.63) is 66.0 Å². The fourth-order valence-corrected chi connectivity index (χ4v) is 2.70. The van der Waals surface area contributed by atoms with Crippen LogP contribution in [0.3, 0.4) is 0 Å². The molecule has 0 aliphatic carbocycles. The number of benzene rings is 2. The van der Waals surface area contributed by atoms with Gasteiger partial charge >= 0.3 is 0 Å². The molecule has 2 aromatic carbocycles. The first-order valence-electron chi connectivity index (χ1n) is 8.07. The number of rotatable bonds is 4. The van der Waals surface area contributed by atoms with E-state index < -0.39 is 0 Å². The summed E-state index contributed by atoms with van der Waals surface area (Å²) >= 11 is 0. The summed E-state index contributed by atoms with van der Waals surface area (Å²) in [6.45, 7) is 3.92. The number of fused-ring (bicyclic) bond motifs is 1. The lowest BCUT2D eigenvalue weighted by molar-refractivity contribution is 1.06. The average molecular weight is 330 g/mol. The molecule has 0 aliphatic rings. The highest BCUT2D eigenvalue weighted by Gasteiger charge is 2.03. The lowest BCUT2D eigenvalue weighted by Gasteiger charge is -2.08. The minimum atomic E-state index is 0.607. The highest BCUT2D eigenvalue weighted by Crippen LogP contribution is 2.21. The number of H-pyrrole nitrogens is 1. The normalized spacial score (nSPS) is 10.8. The highest BCUT2D eigenvalue weighted by molar-refractivity contribution is 5.78. The van der Waals surface area contributed by atoms with E-state index in [9.17, 15) is 0 Å². The van der Waals surface area contributed by atoms with Gasteiger partial charge in [0.05, 0.1) is 11.0 Å². The number of nitrogens with zero attached hydrogens (tertiary/aromatic N) is 3. The molecule has 6 nitrogen and oxygen atoms in total. The Hall–Kier alpha value is -3.41. The molecular formula is C19H18N6. The number of anilines is 4. The summed E-state index contributed by atoms with van der Waals surface area (Å²) in [7, 11) is 0. The van der Waals surface area contributed by atoms with Crippen molar-refractivity contribution in [1.29, 1.82) is 0 Å². The minimum Gasteiger partial charge on any atom is -0.326 e. The number of hydrogen-bond donors (Lipinski definition) is 3. The first kappa shape index (κ1) is 15.1. The topological polar surface area (TPSA) is 78.5 Å². The molecule has 3 N–H and O–H groups in total. The summed E-state index contributed by atoms with van der Waals surface area (Å²) in [5.74, 6) is 1.33. The van der Waals surface area contributed by atoms with Crippen molar-refractivity contribution in [2.24, 2.45) is 0 Å². The van der Waals surface area contributed by atoms with Crippen LogP contribution in [0.25, 0.3) is 11.0 Å². The van der Waals surface area contributed by atoms with Crippen molar-refractivity contribution < 1.29 is 0 Å². The third-order valence-corrected chi connectivity index (χ3v) is 3.78. The lowest BCUT2D eigenvalue weighted by Crippen LogP contribution is -2.00. The summed E-state index contributed by atoms with van der Waals surface area (Å²) in [6.07, 6.45) is 0. The average Bonchev–Trinajstić information content (AvgIpc) is 2.98. The lowest BCUT2D eigenvalue weighted by atomic mass is 10.3. The maximum Gasteiger partial charge on any atom is 0.227 e. The van der Waals surface area contributed by atoms with Gasteiger partial charge in [-0.05, 0) is 56.3 Å². The first-order chi connectivity index (χ1) is 12.2. The van der Waals surface area contributed by atoms with Gasteiger partial charge in [0.2, 0.25) is 11.9 Å². The van der Waals surface area contributed by atoms with E-state index in [4.69, 9.17) is 0 Å². The summed E-state index contributed by atoms with van der Waals surface area (Å²) in [6, 6.07) is 17.8. The fourth-order valence-electron chi connectivity index (χ4n) is 2.70. The molecule has 6 heteroatoms. The Kier molecular flexibility index (Phi) is 3.78. The second-order valence-electron chi connectivity index (χ2n) is 5.90. The minimum absolute atomic E-state index is 0.607. The molecule has 0 spiro atoms. The molecule has 4 aromatic rings. The molecule has 0 amide bonds. The van der Waals surface area contributed by atoms with Gasteiger partial charge in [0, 0.05) is 22.8 Å². The molecule has 124 valence electrons. The van der Waals surface area contributed by atoms with E-state index >= 15 is 0 Å². The molecule has 0 saturated carbocycles. The van der Waals surface area contributed by atoms with Crippen molar-refractivity contribution in [3.63, 3.8) is 0 Å². The highest BCUT2D eigenvalue weighted by atomic mass is 15.1.